The summed E-state index contributed by atoms with van der Waals surface area (Å²) in [5, 5.41) is 3.01. The Morgan fingerprint density at radius 3 is 2.14 bits per heavy atom. The predicted octanol–water partition coefficient (Wildman–Crippen LogP) is 3.96. The van der Waals surface area contributed by atoms with Crippen LogP contribution in [0.2, 0.25) is 0 Å². The van der Waals surface area contributed by atoms with E-state index >= 15 is 0 Å². The first kappa shape index (κ1) is 16.1. The minimum atomic E-state index is -0.457. The van der Waals surface area contributed by atoms with E-state index in [0.717, 1.165) is 17.8 Å². The summed E-state index contributed by atoms with van der Waals surface area (Å²) in [6.45, 7) is 3.95. The summed E-state index contributed by atoms with van der Waals surface area (Å²) in [5.74, 6) is 0.0361. The largest absolute Gasteiger partial charge is 0.378 e. The van der Waals surface area contributed by atoms with E-state index in [2.05, 4.69) is 17.4 Å². The zero-order chi connectivity index (χ0) is 16.2. The Morgan fingerprint density at radius 2 is 1.59 bits per heavy atom. The molecule has 0 unspecified atom stereocenters. The van der Waals surface area contributed by atoms with Crippen LogP contribution in [0, 0.1) is 5.41 Å². The summed E-state index contributed by atoms with van der Waals surface area (Å²) in [6, 6.07) is 18.0. The summed E-state index contributed by atoms with van der Waals surface area (Å²) >= 11 is 0. The Hall–Kier alpha value is -2.29. The highest BCUT2D eigenvalue weighted by molar-refractivity contribution is 5.95. The Balaban J connectivity index is 2.04. The van der Waals surface area contributed by atoms with Gasteiger partial charge in [0.15, 0.2) is 0 Å². The highest BCUT2D eigenvalue weighted by Crippen LogP contribution is 2.25. The third-order valence-electron chi connectivity index (χ3n) is 3.75. The molecular weight excluding hydrogens is 272 g/mol. The van der Waals surface area contributed by atoms with Crippen molar-refractivity contribution in [3.8, 4) is 0 Å². The Morgan fingerprint density at radius 1 is 1.00 bits per heavy atom. The first-order chi connectivity index (χ1) is 10.4. The lowest BCUT2D eigenvalue weighted by molar-refractivity contribution is -0.123. The van der Waals surface area contributed by atoms with Crippen LogP contribution in [0.15, 0.2) is 54.6 Å². The predicted molar refractivity (Wildman–Crippen MR) is 93.3 cm³/mol. The summed E-state index contributed by atoms with van der Waals surface area (Å²) in [6.07, 6.45) is 0.718. The van der Waals surface area contributed by atoms with E-state index in [1.165, 1.54) is 5.56 Å². The molecule has 0 radical (unpaired) electrons. The van der Waals surface area contributed by atoms with Gasteiger partial charge in [0, 0.05) is 30.9 Å². The van der Waals surface area contributed by atoms with E-state index in [9.17, 15) is 4.79 Å². The van der Waals surface area contributed by atoms with Gasteiger partial charge in [0.1, 0.15) is 0 Å². The molecule has 1 amide bonds. The maximum atomic E-state index is 12.5. The van der Waals surface area contributed by atoms with Gasteiger partial charge >= 0.3 is 0 Å². The molecule has 3 heteroatoms. The first-order valence-corrected chi connectivity index (χ1v) is 7.51. The third kappa shape index (κ3) is 4.10. The molecule has 2 aromatic carbocycles. The van der Waals surface area contributed by atoms with E-state index in [4.69, 9.17) is 0 Å². The van der Waals surface area contributed by atoms with Gasteiger partial charge in [0.2, 0.25) is 5.91 Å². The molecule has 0 aliphatic heterocycles. The second kappa shape index (κ2) is 6.65. The zero-order valence-corrected chi connectivity index (χ0v) is 13.8. The lowest BCUT2D eigenvalue weighted by atomic mass is 9.84. The van der Waals surface area contributed by atoms with Gasteiger partial charge in [-0.25, -0.2) is 0 Å². The second-order valence-electron chi connectivity index (χ2n) is 6.44. The van der Waals surface area contributed by atoms with Gasteiger partial charge in [0.05, 0.1) is 0 Å². The molecule has 0 bridgehead atoms. The maximum absolute atomic E-state index is 12.5. The fourth-order valence-electron chi connectivity index (χ4n) is 2.33. The molecule has 0 atom stereocenters. The van der Waals surface area contributed by atoms with E-state index in [1.807, 2.05) is 75.3 Å². The molecule has 2 rings (SSSR count). The van der Waals surface area contributed by atoms with Gasteiger partial charge in [-0.2, -0.15) is 0 Å². The van der Waals surface area contributed by atoms with Crippen molar-refractivity contribution < 1.29 is 4.79 Å². The first-order valence-electron chi connectivity index (χ1n) is 7.51. The number of nitrogens with zero attached hydrogens (tertiary/aromatic N) is 1. The van der Waals surface area contributed by atoms with Crippen molar-refractivity contribution in [3.05, 3.63) is 60.2 Å². The second-order valence-corrected chi connectivity index (χ2v) is 6.44. The number of anilines is 2. The van der Waals surface area contributed by atoms with Crippen LogP contribution in [0.4, 0.5) is 11.4 Å². The SMILES string of the molecule is CN(C)c1ccc(NC(=O)C(C)(C)Cc2ccccc2)cc1. The van der Waals surface area contributed by atoms with Crippen LogP contribution in [0.5, 0.6) is 0 Å². The molecule has 2 aromatic rings. The van der Waals surface area contributed by atoms with E-state index < -0.39 is 5.41 Å². The van der Waals surface area contributed by atoms with E-state index in [-0.39, 0.29) is 5.91 Å². The van der Waals surface area contributed by atoms with Crippen LogP contribution in [-0.4, -0.2) is 20.0 Å². The molecular formula is C19H24N2O. The van der Waals surface area contributed by atoms with Crippen molar-refractivity contribution in [2.45, 2.75) is 20.3 Å². The van der Waals surface area contributed by atoms with E-state index in [0.29, 0.717) is 0 Å². The van der Waals surface area contributed by atoms with Gasteiger partial charge in [-0.3, -0.25) is 4.79 Å². The molecule has 0 aliphatic carbocycles. The average molecular weight is 296 g/mol. The lowest BCUT2D eigenvalue weighted by Gasteiger charge is -2.24. The molecule has 0 aliphatic rings. The Bertz CT molecular complexity index is 616. The van der Waals surface area contributed by atoms with Crippen LogP contribution < -0.4 is 10.2 Å². The van der Waals surface area contributed by atoms with Crippen molar-refractivity contribution in [1.82, 2.24) is 0 Å². The molecule has 0 saturated carbocycles. The molecule has 0 aromatic heterocycles. The lowest BCUT2D eigenvalue weighted by Crippen LogP contribution is -2.32. The number of hydrogen-bond acceptors (Lipinski definition) is 2. The summed E-state index contributed by atoms with van der Waals surface area (Å²) < 4.78 is 0. The van der Waals surface area contributed by atoms with Crippen LogP contribution >= 0.6 is 0 Å². The van der Waals surface area contributed by atoms with Crippen molar-refractivity contribution in [3.63, 3.8) is 0 Å². The quantitative estimate of drug-likeness (QED) is 0.905. The molecule has 1 N–H and O–H groups in total. The molecule has 22 heavy (non-hydrogen) atoms. The number of hydrogen-bond donors (Lipinski definition) is 1. The maximum Gasteiger partial charge on any atom is 0.230 e. The summed E-state index contributed by atoms with van der Waals surface area (Å²) in [7, 11) is 3.99. The molecule has 0 saturated heterocycles. The number of nitrogens with one attached hydrogen (secondary N) is 1. The van der Waals surface area contributed by atoms with Crippen LogP contribution in [0.1, 0.15) is 19.4 Å². The topological polar surface area (TPSA) is 32.3 Å². The van der Waals surface area contributed by atoms with Gasteiger partial charge in [0.25, 0.3) is 0 Å². The number of amides is 1. The zero-order valence-electron chi connectivity index (χ0n) is 13.8. The van der Waals surface area contributed by atoms with Crippen molar-refractivity contribution in [1.29, 1.82) is 0 Å². The fourth-order valence-corrected chi connectivity index (χ4v) is 2.33. The van der Waals surface area contributed by atoms with Gasteiger partial charge in [-0.1, -0.05) is 44.2 Å². The number of carbonyl (C=O) groups excluding carboxylic acids is 1. The third-order valence-corrected chi connectivity index (χ3v) is 3.75. The van der Waals surface area contributed by atoms with Crippen LogP contribution in [0.25, 0.3) is 0 Å². The van der Waals surface area contributed by atoms with Crippen LogP contribution in [-0.2, 0) is 11.2 Å². The van der Waals surface area contributed by atoms with Gasteiger partial charge < -0.3 is 10.2 Å². The average Bonchev–Trinajstić information content (AvgIpc) is 2.48. The summed E-state index contributed by atoms with van der Waals surface area (Å²) in [5.41, 5.74) is 2.66. The standard InChI is InChI=1S/C19H24N2O/c1-19(2,14-15-8-6-5-7-9-15)18(22)20-16-10-12-17(13-11-16)21(3)4/h5-13H,14H2,1-4H3,(H,20,22). The highest BCUT2D eigenvalue weighted by Gasteiger charge is 2.27. The van der Waals surface area contributed by atoms with Gasteiger partial charge in [-0.15, -0.1) is 0 Å². The number of carbonyl (C=O) groups is 1. The molecule has 116 valence electrons. The monoisotopic (exact) mass is 296 g/mol. The van der Waals surface area contributed by atoms with E-state index in [1.54, 1.807) is 0 Å². The number of benzene rings is 2. The molecule has 0 fully saturated rings. The van der Waals surface area contributed by atoms with Crippen LogP contribution in [0.3, 0.4) is 0 Å². The smallest absolute Gasteiger partial charge is 0.230 e. The van der Waals surface area contributed by atoms with Crippen molar-refractivity contribution in [2.75, 3.05) is 24.3 Å². The molecule has 0 heterocycles. The summed E-state index contributed by atoms with van der Waals surface area (Å²) in [4.78, 5) is 14.6. The molecule has 0 spiro atoms. The Kier molecular flexibility index (Phi) is 4.86. The van der Waals surface area contributed by atoms with Crippen molar-refractivity contribution >= 4 is 17.3 Å². The number of rotatable bonds is 5. The Labute approximate surface area is 133 Å². The van der Waals surface area contributed by atoms with Crippen molar-refractivity contribution in [2.24, 2.45) is 5.41 Å². The fraction of sp³-hybridized carbons (Fsp3) is 0.316. The normalized spacial score (nSPS) is 11.1. The highest BCUT2D eigenvalue weighted by atomic mass is 16.2. The van der Waals surface area contributed by atoms with Gasteiger partial charge in [-0.05, 0) is 36.2 Å². The minimum Gasteiger partial charge on any atom is -0.378 e. The molecule has 3 nitrogen and oxygen atoms in total. The minimum absolute atomic E-state index is 0.0361.